The molecule has 0 rings (SSSR count). The van der Waals surface area contributed by atoms with E-state index in [4.69, 9.17) is 19.2 Å². The lowest BCUT2D eigenvalue weighted by Gasteiger charge is -2.42. The van der Waals surface area contributed by atoms with Crippen molar-refractivity contribution < 1.29 is 125 Å². The van der Waals surface area contributed by atoms with Crippen LogP contribution in [0.3, 0.4) is 0 Å². The minimum atomic E-state index is -8.24. The highest BCUT2D eigenvalue weighted by atomic mass is 31.2. The van der Waals surface area contributed by atoms with Crippen LogP contribution in [0, 0.1) is 0 Å². The van der Waals surface area contributed by atoms with Gasteiger partial charge < -0.3 is 20.0 Å². The number of alkyl halides is 24. The molecule has 0 aliphatic carbocycles. The van der Waals surface area contributed by atoms with Crippen LogP contribution < -0.4 is 5.32 Å². The van der Waals surface area contributed by atoms with E-state index < -0.39 is 105 Å². The number of rotatable bonds is 16. The number of nitrogens with one attached hydrogen (secondary N) is 1. The molecule has 0 unspecified atom stereocenters. The molecule has 0 radical (unpaired) electrons. The summed E-state index contributed by atoms with van der Waals surface area (Å²) >= 11 is 0. The molecule has 0 saturated carbocycles. The third kappa shape index (κ3) is 8.99. The molecule has 0 spiro atoms. The summed E-state index contributed by atoms with van der Waals surface area (Å²) in [6.07, 6.45) is -19.2. The molecule has 0 aromatic heterocycles. The topological polar surface area (TPSA) is 89.8 Å². The first-order chi connectivity index (χ1) is 20.4. The number of hydrogen-bond donors (Lipinski definition) is 4. The second kappa shape index (κ2) is 14.2. The zero-order valence-electron chi connectivity index (χ0n) is 22.5. The van der Waals surface area contributed by atoms with Gasteiger partial charge in [-0.25, -0.2) is 22.1 Å². The molecule has 0 atom stereocenters. The Bertz CT molecular complexity index is 1030. The Balaban J connectivity index is 0. The third-order valence-corrected chi connectivity index (χ3v) is 5.46. The van der Waals surface area contributed by atoms with Gasteiger partial charge >= 0.3 is 79.9 Å². The Kier molecular flexibility index (Phi) is 14.3. The van der Waals surface area contributed by atoms with Gasteiger partial charge in [-0.15, -0.1) is 0 Å². The molecular formula is C18H18F24NO4P. The molecule has 4 N–H and O–H groups in total. The second-order valence-electron chi connectivity index (χ2n) is 9.64. The fourth-order valence-electron chi connectivity index (χ4n) is 3.08. The van der Waals surface area contributed by atoms with Crippen LogP contribution in [0.2, 0.25) is 0 Å². The van der Waals surface area contributed by atoms with Crippen LogP contribution in [0.5, 0.6) is 0 Å². The average Bonchev–Trinajstić information content (AvgIpc) is 2.80. The van der Waals surface area contributed by atoms with E-state index in [0.29, 0.717) is 13.8 Å². The van der Waals surface area contributed by atoms with E-state index in [1.165, 1.54) is 0 Å². The summed E-state index contributed by atoms with van der Waals surface area (Å²) in [5.74, 6) is -78.0. The molecule has 0 aromatic rings. The quantitative estimate of drug-likeness (QED) is 0.0938. The molecule has 0 fully saturated rings. The van der Waals surface area contributed by atoms with Crippen LogP contribution in [0.25, 0.3) is 0 Å². The lowest BCUT2D eigenvalue weighted by molar-refractivity contribution is -0.416. The molecule has 30 heteroatoms. The van der Waals surface area contributed by atoms with Gasteiger partial charge in [0.15, 0.2) is 0 Å². The van der Waals surface area contributed by atoms with Gasteiger partial charge in [0.2, 0.25) is 0 Å². The second-order valence-corrected chi connectivity index (χ2v) is 10.7. The molecule has 0 amide bonds. The van der Waals surface area contributed by atoms with E-state index in [-0.39, 0.29) is 0 Å². The maximum atomic E-state index is 14.1. The standard InChI is InChI=1S/C18H15F24N.H3O4P/c1-5(2)43-6(3-9(23,24)13(31,32)17(39,40)15(35,36)11(27,28)7(19)20)4-10(25,26)14(33,34)18(41,42)16(37,38)12(29,30)8(21)22;1-5(2,3)4/h5-8,43H,3-4H2,1-2H3;(H3,1,2,3,4). The minimum Gasteiger partial charge on any atom is -0.311 e. The number of halogens is 24. The van der Waals surface area contributed by atoms with Gasteiger partial charge in [0.05, 0.1) is 0 Å². The Morgan fingerprint density at radius 1 is 0.479 bits per heavy atom. The Labute approximate surface area is 249 Å². The molecular weight excluding hydrogens is 781 g/mol. The highest BCUT2D eigenvalue weighted by Crippen LogP contribution is 2.61. The zero-order valence-corrected chi connectivity index (χ0v) is 23.4. The van der Waals surface area contributed by atoms with E-state index in [1.54, 1.807) is 0 Å². The molecule has 0 saturated heterocycles. The Morgan fingerprint density at radius 3 is 0.854 bits per heavy atom. The fourth-order valence-corrected chi connectivity index (χ4v) is 3.08. The van der Waals surface area contributed by atoms with Gasteiger partial charge in [-0.1, -0.05) is 13.8 Å². The van der Waals surface area contributed by atoms with E-state index in [9.17, 15) is 105 Å². The summed E-state index contributed by atoms with van der Waals surface area (Å²) in [5.41, 5.74) is 0. The highest BCUT2D eigenvalue weighted by molar-refractivity contribution is 7.45. The number of phosphoric acid groups is 1. The van der Waals surface area contributed by atoms with Crippen molar-refractivity contribution in [2.75, 3.05) is 0 Å². The van der Waals surface area contributed by atoms with Gasteiger partial charge in [-0.3, -0.25) is 0 Å². The normalized spacial score (nSPS) is 15.9. The molecule has 0 aliphatic heterocycles. The van der Waals surface area contributed by atoms with E-state index in [1.807, 2.05) is 0 Å². The largest absolute Gasteiger partial charge is 0.466 e. The van der Waals surface area contributed by atoms with E-state index in [0.717, 1.165) is 5.32 Å². The van der Waals surface area contributed by atoms with Crippen molar-refractivity contribution in [1.82, 2.24) is 5.32 Å². The van der Waals surface area contributed by atoms with Gasteiger partial charge in [0.1, 0.15) is 0 Å². The maximum Gasteiger partial charge on any atom is 0.466 e. The minimum absolute atomic E-state index is 0.567. The van der Waals surface area contributed by atoms with Gasteiger partial charge in [0, 0.05) is 24.9 Å². The average molecular weight is 799 g/mol. The summed E-state index contributed by atoms with van der Waals surface area (Å²) in [6, 6.07) is -5.66. The SMILES string of the molecule is CC(C)NC(CC(F)(F)C(F)(F)C(F)(F)C(F)(F)C(F)(F)C(F)F)CC(F)(F)C(F)(F)C(F)(F)C(F)(F)C(F)(F)C(F)F.O=P(O)(O)O. The number of hydrogen-bond acceptors (Lipinski definition) is 2. The van der Waals surface area contributed by atoms with Crippen molar-refractivity contribution in [2.24, 2.45) is 0 Å². The van der Waals surface area contributed by atoms with Crippen molar-refractivity contribution in [3.05, 3.63) is 0 Å². The van der Waals surface area contributed by atoms with Crippen LogP contribution in [-0.4, -0.2) is 98.8 Å². The van der Waals surface area contributed by atoms with E-state index in [2.05, 4.69) is 0 Å². The molecule has 0 heterocycles. The van der Waals surface area contributed by atoms with Crippen molar-refractivity contribution in [1.29, 1.82) is 0 Å². The monoisotopic (exact) mass is 799 g/mol. The summed E-state index contributed by atoms with van der Waals surface area (Å²) in [6.45, 7) is 1.13. The molecule has 292 valence electrons. The van der Waals surface area contributed by atoms with E-state index >= 15 is 0 Å². The van der Waals surface area contributed by atoms with Crippen LogP contribution in [0.4, 0.5) is 105 Å². The van der Waals surface area contributed by atoms with Gasteiger partial charge in [-0.2, -0.15) is 87.8 Å². The smallest absolute Gasteiger partial charge is 0.311 e. The van der Waals surface area contributed by atoms with Crippen molar-refractivity contribution >= 4 is 7.82 Å². The molecule has 48 heavy (non-hydrogen) atoms. The predicted octanol–water partition coefficient (Wildman–Crippen LogP) is 8.09. The molecule has 0 bridgehead atoms. The third-order valence-electron chi connectivity index (χ3n) is 5.46. The fraction of sp³-hybridized carbons (Fsp3) is 1.00. The van der Waals surface area contributed by atoms with Crippen LogP contribution in [0.15, 0.2) is 0 Å². The first-order valence-corrected chi connectivity index (χ1v) is 12.8. The molecule has 5 nitrogen and oxygen atoms in total. The van der Waals surface area contributed by atoms with Crippen molar-refractivity contribution in [3.63, 3.8) is 0 Å². The predicted molar refractivity (Wildman–Crippen MR) is 107 cm³/mol. The lowest BCUT2D eigenvalue weighted by atomic mass is 9.87. The summed E-state index contributed by atoms with van der Waals surface area (Å²) < 4.78 is 329. The first-order valence-electron chi connectivity index (χ1n) is 11.3. The van der Waals surface area contributed by atoms with Crippen molar-refractivity contribution in [3.8, 4) is 0 Å². The Hall–Kier alpha value is -1.61. The summed E-state index contributed by atoms with van der Waals surface area (Å²) in [4.78, 5) is 21.6. The summed E-state index contributed by atoms with van der Waals surface area (Å²) in [7, 11) is -4.64. The summed E-state index contributed by atoms with van der Waals surface area (Å²) in [5, 5.41) is 1.09. The first kappa shape index (κ1) is 48.5. The highest BCUT2D eigenvalue weighted by Gasteiger charge is 2.89. The van der Waals surface area contributed by atoms with Crippen LogP contribution in [-0.2, 0) is 4.57 Å². The van der Waals surface area contributed by atoms with Crippen molar-refractivity contribution in [2.45, 2.75) is 111 Å². The van der Waals surface area contributed by atoms with Crippen LogP contribution in [0.1, 0.15) is 26.7 Å². The lowest BCUT2D eigenvalue weighted by Crippen LogP contribution is -2.70. The van der Waals surface area contributed by atoms with Gasteiger partial charge in [-0.05, 0) is 0 Å². The maximum absolute atomic E-state index is 14.1. The van der Waals surface area contributed by atoms with Gasteiger partial charge in [0.25, 0.3) is 0 Å². The van der Waals surface area contributed by atoms with Crippen LogP contribution >= 0.6 is 7.82 Å². The molecule has 0 aliphatic rings. The zero-order chi connectivity index (χ0) is 39.9. The Morgan fingerprint density at radius 2 is 0.688 bits per heavy atom. The molecule has 0 aromatic carbocycles.